The Morgan fingerprint density at radius 3 is 1.56 bits per heavy atom. The summed E-state index contributed by atoms with van der Waals surface area (Å²) in [7, 11) is 0. The molecule has 0 saturated carbocycles. The number of fused-ring (bicyclic) bond motifs is 8. The Hall–Kier alpha value is -6.52. The lowest BCUT2D eigenvalue weighted by Crippen LogP contribution is -2.09. The Bertz CT molecular complexity index is 3170. The second-order valence-corrected chi connectivity index (χ2v) is 16.2. The fourth-order valence-corrected chi connectivity index (χ4v) is 10.5. The summed E-state index contributed by atoms with van der Waals surface area (Å²) in [5.41, 5.74) is 10.7. The standard InChI is InChI=1S/C52H33NS2/c1-2-9-34(10-3-1)35-17-25-40(26-18-35)53(42-29-21-37(22-30-42)44-13-8-14-46-45-11-4-6-15-48(45)55-52(44)46)41-27-19-36(20-28-41)38-23-31-43-39(33-38)24-32-50-51(43)47-12-5-7-16-49(47)54-50/h1-33H. The zero-order valence-electron chi connectivity index (χ0n) is 29.8. The van der Waals surface area contributed by atoms with Crippen LogP contribution in [0.3, 0.4) is 0 Å². The van der Waals surface area contributed by atoms with Crippen LogP contribution in [0.4, 0.5) is 17.1 Å². The Labute approximate surface area is 327 Å². The van der Waals surface area contributed by atoms with Gasteiger partial charge < -0.3 is 4.90 Å². The molecule has 0 amide bonds. The maximum Gasteiger partial charge on any atom is 0.0462 e. The minimum atomic E-state index is 1.11. The molecule has 0 bridgehead atoms. The lowest BCUT2D eigenvalue weighted by Gasteiger charge is -2.26. The molecule has 9 aromatic carbocycles. The van der Waals surface area contributed by atoms with Gasteiger partial charge in [-0.15, -0.1) is 22.7 Å². The van der Waals surface area contributed by atoms with Crippen molar-refractivity contribution in [2.24, 2.45) is 0 Å². The molecule has 3 heteroatoms. The third-order valence-electron chi connectivity index (χ3n) is 10.9. The predicted octanol–water partition coefficient (Wildman–Crippen LogP) is 16.0. The van der Waals surface area contributed by atoms with Crippen LogP contribution in [0.1, 0.15) is 0 Å². The number of hydrogen-bond donors (Lipinski definition) is 0. The van der Waals surface area contributed by atoms with Crippen LogP contribution in [0.15, 0.2) is 200 Å². The van der Waals surface area contributed by atoms with Crippen molar-refractivity contribution in [1.82, 2.24) is 0 Å². The molecule has 0 unspecified atom stereocenters. The van der Waals surface area contributed by atoms with E-state index < -0.39 is 0 Å². The molecule has 2 aromatic heterocycles. The van der Waals surface area contributed by atoms with Crippen LogP contribution in [0.2, 0.25) is 0 Å². The molecule has 0 spiro atoms. The highest BCUT2D eigenvalue weighted by molar-refractivity contribution is 7.26. The molecule has 258 valence electrons. The first-order valence-corrected chi connectivity index (χ1v) is 20.3. The van der Waals surface area contributed by atoms with Crippen molar-refractivity contribution in [3.63, 3.8) is 0 Å². The van der Waals surface area contributed by atoms with Gasteiger partial charge in [0.25, 0.3) is 0 Å². The third kappa shape index (κ3) is 5.51. The number of anilines is 3. The van der Waals surface area contributed by atoms with E-state index in [-0.39, 0.29) is 0 Å². The molecule has 55 heavy (non-hydrogen) atoms. The van der Waals surface area contributed by atoms with Gasteiger partial charge in [-0.05, 0) is 105 Å². The van der Waals surface area contributed by atoms with Crippen LogP contribution in [0.25, 0.3) is 84.5 Å². The number of hydrogen-bond acceptors (Lipinski definition) is 3. The fourth-order valence-electron chi connectivity index (χ4n) is 8.18. The van der Waals surface area contributed by atoms with Crippen LogP contribution in [0, 0.1) is 0 Å². The smallest absolute Gasteiger partial charge is 0.0462 e. The highest BCUT2D eigenvalue weighted by Gasteiger charge is 2.16. The first kappa shape index (κ1) is 32.0. The molecule has 11 rings (SSSR count). The minimum absolute atomic E-state index is 1.11. The zero-order chi connectivity index (χ0) is 36.3. The van der Waals surface area contributed by atoms with Gasteiger partial charge in [-0.1, -0.05) is 140 Å². The van der Waals surface area contributed by atoms with E-state index in [9.17, 15) is 0 Å². The number of rotatable bonds is 6. The van der Waals surface area contributed by atoms with Crippen molar-refractivity contribution >= 4 is 90.9 Å². The largest absolute Gasteiger partial charge is 0.311 e. The van der Waals surface area contributed by atoms with E-state index >= 15 is 0 Å². The summed E-state index contributed by atoms with van der Waals surface area (Å²) < 4.78 is 5.34. The third-order valence-corrected chi connectivity index (χ3v) is 13.2. The van der Waals surface area contributed by atoms with Gasteiger partial charge in [0.05, 0.1) is 0 Å². The molecule has 0 atom stereocenters. The molecular weight excluding hydrogens is 703 g/mol. The van der Waals surface area contributed by atoms with Crippen molar-refractivity contribution in [3.8, 4) is 33.4 Å². The fraction of sp³-hybridized carbons (Fsp3) is 0. The first-order valence-electron chi connectivity index (χ1n) is 18.7. The van der Waals surface area contributed by atoms with E-state index in [0.717, 1.165) is 17.1 Å². The Morgan fingerprint density at radius 2 is 0.855 bits per heavy atom. The summed E-state index contributed by atoms with van der Waals surface area (Å²) in [6, 6.07) is 73.3. The second kappa shape index (κ2) is 13.1. The van der Waals surface area contributed by atoms with E-state index in [1.807, 2.05) is 22.7 Å². The van der Waals surface area contributed by atoms with Crippen molar-refractivity contribution in [1.29, 1.82) is 0 Å². The van der Waals surface area contributed by atoms with Gasteiger partial charge in [-0.25, -0.2) is 0 Å². The van der Waals surface area contributed by atoms with Crippen molar-refractivity contribution in [2.75, 3.05) is 4.90 Å². The zero-order valence-corrected chi connectivity index (χ0v) is 31.4. The van der Waals surface area contributed by atoms with E-state index in [1.165, 1.54) is 84.5 Å². The van der Waals surface area contributed by atoms with E-state index in [2.05, 4.69) is 205 Å². The van der Waals surface area contributed by atoms with Crippen molar-refractivity contribution in [3.05, 3.63) is 200 Å². The molecule has 0 fully saturated rings. The summed E-state index contributed by atoms with van der Waals surface area (Å²) in [6.45, 7) is 0. The van der Waals surface area contributed by atoms with Gasteiger partial charge >= 0.3 is 0 Å². The average molecular weight is 736 g/mol. The topological polar surface area (TPSA) is 3.24 Å². The maximum absolute atomic E-state index is 2.36. The maximum atomic E-state index is 2.36. The predicted molar refractivity (Wildman–Crippen MR) is 241 cm³/mol. The van der Waals surface area contributed by atoms with E-state index in [0.29, 0.717) is 0 Å². The Morgan fingerprint density at radius 1 is 0.309 bits per heavy atom. The average Bonchev–Trinajstić information content (AvgIpc) is 3.84. The van der Waals surface area contributed by atoms with Gasteiger partial charge in [0.15, 0.2) is 0 Å². The van der Waals surface area contributed by atoms with Gasteiger partial charge in [0.2, 0.25) is 0 Å². The van der Waals surface area contributed by atoms with Crippen molar-refractivity contribution in [2.45, 2.75) is 0 Å². The molecule has 11 aromatic rings. The monoisotopic (exact) mass is 735 g/mol. The lowest BCUT2D eigenvalue weighted by atomic mass is 9.98. The summed E-state index contributed by atoms with van der Waals surface area (Å²) >= 11 is 3.75. The summed E-state index contributed by atoms with van der Waals surface area (Å²) in [6.07, 6.45) is 0. The van der Waals surface area contributed by atoms with Crippen molar-refractivity contribution < 1.29 is 0 Å². The van der Waals surface area contributed by atoms with Gasteiger partial charge in [-0.3, -0.25) is 0 Å². The molecule has 2 heterocycles. The first-order chi connectivity index (χ1) is 27.2. The quantitative estimate of drug-likeness (QED) is 0.164. The number of thiophene rings is 2. The highest BCUT2D eigenvalue weighted by Crippen LogP contribution is 2.43. The van der Waals surface area contributed by atoms with E-state index in [1.54, 1.807) is 0 Å². The molecule has 0 radical (unpaired) electrons. The SMILES string of the molecule is c1ccc(-c2ccc(N(c3ccc(-c4ccc5c(ccc6sc7ccccc7c65)c4)cc3)c3ccc(-c4cccc5c4sc4ccccc45)cc3)cc2)cc1. The Balaban J connectivity index is 0.974. The minimum Gasteiger partial charge on any atom is -0.311 e. The van der Waals surface area contributed by atoms with E-state index in [4.69, 9.17) is 0 Å². The number of nitrogens with zero attached hydrogens (tertiary/aromatic N) is 1. The molecule has 0 saturated heterocycles. The summed E-state index contributed by atoms with van der Waals surface area (Å²) in [5.74, 6) is 0. The van der Waals surface area contributed by atoms with Gasteiger partial charge in [0, 0.05) is 57.4 Å². The summed E-state index contributed by atoms with van der Waals surface area (Å²) in [5, 5.41) is 7.93. The molecule has 0 aliphatic heterocycles. The van der Waals surface area contributed by atoms with Crippen LogP contribution >= 0.6 is 22.7 Å². The molecular formula is C52H33NS2. The van der Waals surface area contributed by atoms with Gasteiger partial charge in [-0.2, -0.15) is 0 Å². The van der Waals surface area contributed by atoms with Crippen LogP contribution in [-0.2, 0) is 0 Å². The molecule has 0 N–H and O–H groups in total. The molecule has 0 aliphatic carbocycles. The molecule has 0 aliphatic rings. The Kier molecular flexibility index (Phi) is 7.61. The lowest BCUT2D eigenvalue weighted by molar-refractivity contribution is 1.28. The van der Waals surface area contributed by atoms with Crippen LogP contribution < -0.4 is 4.90 Å². The molecule has 1 nitrogen and oxygen atoms in total. The van der Waals surface area contributed by atoms with Crippen LogP contribution in [-0.4, -0.2) is 0 Å². The number of benzene rings is 9. The normalized spacial score (nSPS) is 11.6. The van der Waals surface area contributed by atoms with Crippen LogP contribution in [0.5, 0.6) is 0 Å². The summed E-state index contributed by atoms with van der Waals surface area (Å²) in [4.78, 5) is 2.36. The highest BCUT2D eigenvalue weighted by atomic mass is 32.1. The second-order valence-electron chi connectivity index (χ2n) is 14.1. The van der Waals surface area contributed by atoms with Gasteiger partial charge in [0.1, 0.15) is 0 Å².